The van der Waals surface area contributed by atoms with E-state index in [1.807, 2.05) is 18.2 Å². The lowest BCUT2D eigenvalue weighted by Gasteiger charge is -2.30. The zero-order valence-corrected chi connectivity index (χ0v) is 21.7. The van der Waals surface area contributed by atoms with Crippen molar-refractivity contribution in [3.63, 3.8) is 0 Å². The van der Waals surface area contributed by atoms with Crippen LogP contribution in [0.1, 0.15) is 13.8 Å². The number of nitrogens with zero attached hydrogens (tertiary/aromatic N) is 3. The molecule has 0 saturated carbocycles. The fraction of sp³-hybridized carbons (Fsp3) is 0.391. The van der Waals surface area contributed by atoms with E-state index >= 15 is 0 Å². The van der Waals surface area contributed by atoms with Crippen LogP contribution in [0.15, 0.2) is 47.4 Å². The fourth-order valence-electron chi connectivity index (χ4n) is 3.72. The van der Waals surface area contributed by atoms with Gasteiger partial charge in [-0.2, -0.15) is 0 Å². The SMILES string of the molecule is CCN(CC)CCN(C(=O)C1COc2ccccc2O1)c1nc2c(S(C)(=O)=O)cccc2s1.Cl. The van der Waals surface area contributed by atoms with Crippen LogP contribution in [0.2, 0.25) is 0 Å². The second-order valence-electron chi connectivity index (χ2n) is 7.75. The van der Waals surface area contributed by atoms with Crippen molar-refractivity contribution < 1.29 is 22.7 Å². The molecule has 0 radical (unpaired) electrons. The zero-order valence-electron chi connectivity index (χ0n) is 19.3. The molecule has 8 nitrogen and oxygen atoms in total. The third-order valence-corrected chi connectivity index (χ3v) is 7.76. The van der Waals surface area contributed by atoms with Crippen LogP contribution in [-0.2, 0) is 14.6 Å². The fourth-order valence-corrected chi connectivity index (χ4v) is 5.64. The number of rotatable bonds is 8. The lowest BCUT2D eigenvalue weighted by atomic mass is 10.2. The summed E-state index contributed by atoms with van der Waals surface area (Å²) in [4.78, 5) is 22.2. The molecule has 0 saturated heterocycles. The first-order valence-electron chi connectivity index (χ1n) is 10.8. The summed E-state index contributed by atoms with van der Waals surface area (Å²) in [5.74, 6) is 0.861. The summed E-state index contributed by atoms with van der Waals surface area (Å²) in [7, 11) is -3.46. The van der Waals surface area contributed by atoms with Crippen LogP contribution < -0.4 is 14.4 Å². The van der Waals surface area contributed by atoms with Crippen LogP contribution >= 0.6 is 23.7 Å². The van der Waals surface area contributed by atoms with Crippen LogP contribution in [0.25, 0.3) is 10.2 Å². The van der Waals surface area contributed by atoms with E-state index in [2.05, 4.69) is 23.7 Å². The van der Waals surface area contributed by atoms with Gasteiger partial charge in [0, 0.05) is 19.3 Å². The van der Waals surface area contributed by atoms with E-state index in [0.29, 0.717) is 39.9 Å². The predicted octanol–water partition coefficient (Wildman–Crippen LogP) is 3.64. The number of halogens is 1. The molecule has 1 atom stereocenters. The molecule has 0 aliphatic carbocycles. The summed E-state index contributed by atoms with van der Waals surface area (Å²) >= 11 is 1.30. The molecule has 3 aromatic rings. The molecular formula is C23H28ClN3O5S2. The number of sulfone groups is 1. The average molecular weight is 526 g/mol. The molecule has 0 spiro atoms. The van der Waals surface area contributed by atoms with E-state index in [4.69, 9.17) is 9.47 Å². The maximum absolute atomic E-state index is 13.6. The predicted molar refractivity (Wildman–Crippen MR) is 136 cm³/mol. The Labute approximate surface area is 209 Å². The number of anilines is 1. The van der Waals surface area contributed by atoms with Crippen molar-refractivity contribution in [2.75, 3.05) is 43.9 Å². The second kappa shape index (κ2) is 10.9. The number of benzene rings is 2. The Morgan fingerprint density at radius 3 is 2.47 bits per heavy atom. The quantitative estimate of drug-likeness (QED) is 0.443. The number of amides is 1. The van der Waals surface area contributed by atoms with Crippen molar-refractivity contribution in [3.05, 3.63) is 42.5 Å². The van der Waals surface area contributed by atoms with Gasteiger partial charge in [0.15, 0.2) is 26.5 Å². The van der Waals surface area contributed by atoms with Gasteiger partial charge in [-0.05, 0) is 37.4 Å². The molecular weight excluding hydrogens is 498 g/mol. The van der Waals surface area contributed by atoms with E-state index in [9.17, 15) is 13.2 Å². The normalized spacial score (nSPS) is 15.2. The number of hydrogen-bond acceptors (Lipinski definition) is 8. The highest BCUT2D eigenvalue weighted by Gasteiger charge is 2.33. The summed E-state index contributed by atoms with van der Waals surface area (Å²) in [6, 6.07) is 12.3. The molecule has 2 aromatic carbocycles. The van der Waals surface area contributed by atoms with Gasteiger partial charge < -0.3 is 14.4 Å². The molecule has 11 heteroatoms. The van der Waals surface area contributed by atoms with Crippen molar-refractivity contribution in [2.45, 2.75) is 24.8 Å². The molecule has 1 amide bonds. The third-order valence-electron chi connectivity index (χ3n) is 5.59. The average Bonchev–Trinajstić information content (AvgIpc) is 3.24. The lowest BCUT2D eigenvalue weighted by molar-refractivity contribution is -0.127. The molecule has 1 aromatic heterocycles. The monoisotopic (exact) mass is 525 g/mol. The highest BCUT2D eigenvalue weighted by atomic mass is 35.5. The molecule has 2 heterocycles. The number of fused-ring (bicyclic) bond motifs is 2. The first-order valence-corrected chi connectivity index (χ1v) is 13.5. The van der Waals surface area contributed by atoms with E-state index in [0.717, 1.165) is 19.3 Å². The number of carbonyl (C=O) groups is 1. The molecule has 0 fully saturated rings. The Balaban J connectivity index is 0.00000324. The Morgan fingerprint density at radius 1 is 1.09 bits per heavy atom. The van der Waals surface area contributed by atoms with Gasteiger partial charge in [-0.3, -0.25) is 9.69 Å². The summed E-state index contributed by atoms with van der Waals surface area (Å²) in [6.45, 7) is 6.99. The molecule has 1 aliphatic heterocycles. The van der Waals surface area contributed by atoms with Gasteiger partial charge in [-0.15, -0.1) is 12.4 Å². The molecule has 1 aliphatic rings. The van der Waals surface area contributed by atoms with E-state index < -0.39 is 15.9 Å². The van der Waals surface area contributed by atoms with E-state index in [-0.39, 0.29) is 29.8 Å². The van der Waals surface area contributed by atoms with E-state index in [1.54, 1.807) is 23.1 Å². The van der Waals surface area contributed by atoms with E-state index in [1.165, 1.54) is 17.4 Å². The number of aromatic nitrogens is 1. The number of carbonyl (C=O) groups excluding carboxylic acids is 1. The molecule has 0 bridgehead atoms. The maximum Gasteiger partial charge on any atom is 0.273 e. The number of para-hydroxylation sites is 3. The van der Waals surface area contributed by atoms with Gasteiger partial charge in [0.1, 0.15) is 12.1 Å². The molecule has 4 rings (SSSR count). The summed E-state index contributed by atoms with van der Waals surface area (Å²) in [5.41, 5.74) is 0.381. The van der Waals surface area contributed by atoms with Crippen LogP contribution in [0.3, 0.4) is 0 Å². The summed E-state index contributed by atoms with van der Waals surface area (Å²) < 4.78 is 36.9. The minimum atomic E-state index is -3.46. The van der Waals surface area contributed by atoms with Crippen LogP contribution in [0.5, 0.6) is 11.5 Å². The topological polar surface area (TPSA) is 89.0 Å². The van der Waals surface area contributed by atoms with Gasteiger partial charge in [-0.25, -0.2) is 13.4 Å². The standard InChI is InChI=1S/C23H27N3O5S2.ClH/c1-4-25(5-2)13-14-26(22(27)18-15-30-16-9-6-7-10-17(16)31-18)23-24-21-19(32-23)11-8-12-20(21)33(3,28)29;/h6-12,18H,4-5,13-15H2,1-3H3;1H. The number of thiazole rings is 1. The Morgan fingerprint density at radius 2 is 1.79 bits per heavy atom. The van der Waals surface area contributed by atoms with Crippen LogP contribution in [-0.4, -0.2) is 69.4 Å². The largest absolute Gasteiger partial charge is 0.485 e. The number of ether oxygens (including phenoxy) is 2. The van der Waals surface area contributed by atoms with Crippen LogP contribution in [0, 0.1) is 0 Å². The Hall–Kier alpha value is -2.40. The smallest absolute Gasteiger partial charge is 0.273 e. The van der Waals surface area contributed by atoms with Crippen molar-refractivity contribution in [1.82, 2.24) is 9.88 Å². The van der Waals surface area contributed by atoms with Gasteiger partial charge in [0.2, 0.25) is 6.10 Å². The maximum atomic E-state index is 13.6. The number of hydrogen-bond donors (Lipinski definition) is 0. The first-order chi connectivity index (χ1) is 15.8. The first kappa shape index (κ1) is 26.2. The number of likely N-dealkylation sites (N-methyl/N-ethyl adjacent to an activating group) is 1. The minimum absolute atomic E-state index is 0. The zero-order chi connectivity index (χ0) is 23.6. The molecule has 0 N–H and O–H groups in total. The molecule has 184 valence electrons. The van der Waals surface area contributed by atoms with Gasteiger partial charge in [0.05, 0.1) is 9.60 Å². The van der Waals surface area contributed by atoms with Crippen molar-refractivity contribution in [1.29, 1.82) is 0 Å². The molecule has 34 heavy (non-hydrogen) atoms. The lowest BCUT2D eigenvalue weighted by Crippen LogP contribution is -2.48. The van der Waals surface area contributed by atoms with Crippen molar-refractivity contribution in [3.8, 4) is 11.5 Å². The third kappa shape index (κ3) is 5.46. The van der Waals surface area contributed by atoms with Gasteiger partial charge in [0.25, 0.3) is 5.91 Å². The summed E-state index contributed by atoms with van der Waals surface area (Å²) in [5, 5.41) is 0.445. The second-order valence-corrected chi connectivity index (χ2v) is 10.7. The van der Waals surface area contributed by atoms with Gasteiger partial charge >= 0.3 is 0 Å². The highest BCUT2D eigenvalue weighted by molar-refractivity contribution is 7.91. The summed E-state index contributed by atoms with van der Waals surface area (Å²) in [6.07, 6.45) is 0.340. The Kier molecular flexibility index (Phi) is 8.40. The molecule has 1 unspecified atom stereocenters. The Bertz CT molecular complexity index is 1260. The van der Waals surface area contributed by atoms with Gasteiger partial charge in [-0.1, -0.05) is 43.4 Å². The van der Waals surface area contributed by atoms with Crippen molar-refractivity contribution in [2.24, 2.45) is 0 Å². The van der Waals surface area contributed by atoms with Crippen LogP contribution in [0.4, 0.5) is 5.13 Å². The minimum Gasteiger partial charge on any atom is -0.485 e. The van der Waals surface area contributed by atoms with Crippen molar-refractivity contribution >= 4 is 54.8 Å². The highest BCUT2D eigenvalue weighted by Crippen LogP contribution is 2.35.